The van der Waals surface area contributed by atoms with Crippen LogP contribution in [0.2, 0.25) is 8.67 Å². The Bertz CT molecular complexity index is 834. The van der Waals surface area contributed by atoms with Gasteiger partial charge in [0.25, 0.3) is 5.91 Å². The Labute approximate surface area is 140 Å². The lowest BCUT2D eigenvalue weighted by Gasteiger charge is -2.10. The Morgan fingerprint density at radius 2 is 2.00 bits per heavy atom. The standard InChI is InChI=1S/C12H10Cl2N2O4S2/c1-20-8-3-2-6(4-9(8)22(15,18)19)16-12(17)7-5-10(13)21-11(7)14/h2-5H,1H3,(H,16,17)(H2,15,18,19). The van der Waals surface area contributed by atoms with Crippen LogP contribution in [-0.4, -0.2) is 21.4 Å². The Kier molecular flexibility index (Phi) is 4.98. The molecule has 0 spiro atoms. The number of carbonyl (C=O) groups is 1. The number of hydrogen-bond donors (Lipinski definition) is 2. The number of nitrogens with one attached hydrogen (secondary N) is 1. The van der Waals surface area contributed by atoms with Crippen LogP contribution in [0, 0.1) is 0 Å². The van der Waals surface area contributed by atoms with Crippen LogP contribution >= 0.6 is 34.5 Å². The zero-order chi connectivity index (χ0) is 16.5. The Hall–Kier alpha value is -1.32. The zero-order valence-electron chi connectivity index (χ0n) is 11.1. The van der Waals surface area contributed by atoms with Crippen LogP contribution in [0.25, 0.3) is 0 Å². The third-order valence-electron chi connectivity index (χ3n) is 2.63. The summed E-state index contributed by atoms with van der Waals surface area (Å²) in [5.74, 6) is -0.434. The lowest BCUT2D eigenvalue weighted by Crippen LogP contribution is -2.15. The number of primary sulfonamides is 1. The van der Waals surface area contributed by atoms with Gasteiger partial charge in [0.15, 0.2) is 0 Å². The Morgan fingerprint density at radius 1 is 1.32 bits per heavy atom. The number of ether oxygens (including phenoxy) is 1. The smallest absolute Gasteiger partial charge is 0.258 e. The second-order valence-corrected chi connectivity index (χ2v) is 7.92. The number of rotatable bonds is 4. The molecule has 1 amide bonds. The van der Waals surface area contributed by atoms with Crippen LogP contribution in [0.4, 0.5) is 5.69 Å². The molecule has 0 aliphatic rings. The lowest BCUT2D eigenvalue weighted by atomic mass is 10.2. The van der Waals surface area contributed by atoms with E-state index in [2.05, 4.69) is 5.32 Å². The van der Waals surface area contributed by atoms with Gasteiger partial charge in [0.05, 0.1) is 17.0 Å². The molecule has 0 fully saturated rings. The van der Waals surface area contributed by atoms with Gasteiger partial charge in [-0.15, -0.1) is 11.3 Å². The molecule has 118 valence electrons. The summed E-state index contributed by atoms with van der Waals surface area (Å²) in [6, 6.07) is 5.49. The van der Waals surface area contributed by atoms with Gasteiger partial charge in [0.1, 0.15) is 15.0 Å². The molecule has 0 aliphatic carbocycles. The van der Waals surface area contributed by atoms with Gasteiger partial charge in [-0.2, -0.15) is 0 Å². The highest BCUT2D eigenvalue weighted by atomic mass is 35.5. The monoisotopic (exact) mass is 380 g/mol. The number of amides is 1. The second-order valence-electron chi connectivity index (χ2n) is 4.10. The molecule has 0 unspecified atom stereocenters. The van der Waals surface area contributed by atoms with Crippen molar-refractivity contribution in [1.82, 2.24) is 0 Å². The molecule has 0 atom stereocenters. The number of benzene rings is 1. The quantitative estimate of drug-likeness (QED) is 0.851. The lowest BCUT2D eigenvalue weighted by molar-refractivity contribution is 0.102. The number of anilines is 1. The van der Waals surface area contributed by atoms with Crippen LogP contribution in [-0.2, 0) is 10.0 Å². The van der Waals surface area contributed by atoms with Crippen molar-refractivity contribution in [3.8, 4) is 5.75 Å². The number of methoxy groups -OCH3 is 1. The van der Waals surface area contributed by atoms with E-state index in [1.54, 1.807) is 0 Å². The molecule has 22 heavy (non-hydrogen) atoms. The first kappa shape index (κ1) is 17.0. The minimum atomic E-state index is -3.99. The molecule has 1 heterocycles. The van der Waals surface area contributed by atoms with E-state index in [0.29, 0.717) is 4.34 Å². The summed E-state index contributed by atoms with van der Waals surface area (Å²) in [5.41, 5.74) is 0.429. The van der Waals surface area contributed by atoms with Gasteiger partial charge in [0.2, 0.25) is 10.0 Å². The summed E-state index contributed by atoms with van der Waals surface area (Å²) >= 11 is 12.7. The molecular weight excluding hydrogens is 371 g/mol. The molecule has 0 radical (unpaired) electrons. The van der Waals surface area contributed by atoms with E-state index in [-0.39, 0.29) is 26.2 Å². The van der Waals surface area contributed by atoms with Gasteiger partial charge in [0, 0.05) is 5.69 Å². The summed E-state index contributed by atoms with van der Waals surface area (Å²) in [5, 5.41) is 7.64. The van der Waals surface area contributed by atoms with Crippen molar-refractivity contribution in [3.05, 3.63) is 38.5 Å². The van der Waals surface area contributed by atoms with E-state index in [1.807, 2.05) is 0 Å². The van der Waals surface area contributed by atoms with E-state index < -0.39 is 15.9 Å². The predicted molar refractivity (Wildman–Crippen MR) is 86.7 cm³/mol. The largest absolute Gasteiger partial charge is 0.495 e. The maximum absolute atomic E-state index is 12.1. The third-order valence-corrected chi connectivity index (χ3v) is 5.05. The molecule has 2 rings (SSSR count). The molecule has 2 aromatic rings. The number of thiophene rings is 1. The molecule has 1 aromatic carbocycles. The topological polar surface area (TPSA) is 98.5 Å². The first-order valence-corrected chi connectivity index (χ1v) is 8.81. The van der Waals surface area contributed by atoms with E-state index in [1.165, 1.54) is 31.4 Å². The minimum Gasteiger partial charge on any atom is -0.495 e. The molecule has 0 saturated heterocycles. The number of sulfonamides is 1. The predicted octanol–water partition coefficient (Wildman–Crippen LogP) is 2.96. The van der Waals surface area contributed by atoms with Crippen molar-refractivity contribution in [2.24, 2.45) is 5.14 Å². The number of halogens is 2. The fourth-order valence-corrected chi connectivity index (χ4v) is 3.85. The van der Waals surface area contributed by atoms with Gasteiger partial charge in [-0.25, -0.2) is 13.6 Å². The molecule has 1 aromatic heterocycles. The molecular formula is C12H10Cl2N2O4S2. The summed E-state index contributed by atoms with van der Waals surface area (Å²) < 4.78 is 28.6. The van der Waals surface area contributed by atoms with Crippen molar-refractivity contribution in [1.29, 1.82) is 0 Å². The summed E-state index contributed by atoms with van der Waals surface area (Å²) in [6.45, 7) is 0. The first-order chi connectivity index (χ1) is 10.2. The van der Waals surface area contributed by atoms with Gasteiger partial charge < -0.3 is 10.1 Å². The molecule has 3 N–H and O–H groups in total. The fraction of sp³-hybridized carbons (Fsp3) is 0.0833. The number of carbonyl (C=O) groups excluding carboxylic acids is 1. The Morgan fingerprint density at radius 3 is 2.50 bits per heavy atom. The number of nitrogens with two attached hydrogens (primary N) is 1. The number of hydrogen-bond acceptors (Lipinski definition) is 5. The average Bonchev–Trinajstić information content (AvgIpc) is 2.76. The normalized spacial score (nSPS) is 11.3. The van der Waals surface area contributed by atoms with Gasteiger partial charge in [-0.1, -0.05) is 23.2 Å². The molecule has 0 aliphatic heterocycles. The summed E-state index contributed by atoms with van der Waals surface area (Å²) in [4.78, 5) is 11.9. The van der Waals surface area contributed by atoms with Crippen molar-refractivity contribution in [2.45, 2.75) is 4.90 Å². The molecule has 10 heteroatoms. The highest BCUT2D eigenvalue weighted by Gasteiger charge is 2.18. The Balaban J connectivity index is 2.35. The van der Waals surface area contributed by atoms with Crippen molar-refractivity contribution < 1.29 is 17.9 Å². The van der Waals surface area contributed by atoms with Gasteiger partial charge in [-0.05, 0) is 24.3 Å². The molecule has 0 bridgehead atoms. The van der Waals surface area contributed by atoms with Crippen molar-refractivity contribution >= 4 is 56.2 Å². The maximum Gasteiger partial charge on any atom is 0.258 e. The van der Waals surface area contributed by atoms with E-state index in [0.717, 1.165) is 11.3 Å². The van der Waals surface area contributed by atoms with E-state index in [9.17, 15) is 13.2 Å². The van der Waals surface area contributed by atoms with Crippen LogP contribution in [0.5, 0.6) is 5.75 Å². The van der Waals surface area contributed by atoms with E-state index in [4.69, 9.17) is 33.1 Å². The van der Waals surface area contributed by atoms with E-state index >= 15 is 0 Å². The SMILES string of the molecule is COc1ccc(NC(=O)c2cc(Cl)sc2Cl)cc1S(N)(=O)=O. The fourth-order valence-electron chi connectivity index (χ4n) is 1.67. The van der Waals surface area contributed by atoms with Gasteiger partial charge in [-0.3, -0.25) is 4.79 Å². The minimum absolute atomic E-state index is 0.0807. The van der Waals surface area contributed by atoms with Crippen LogP contribution in [0.15, 0.2) is 29.2 Å². The zero-order valence-corrected chi connectivity index (χ0v) is 14.2. The summed E-state index contributed by atoms with van der Waals surface area (Å²) in [7, 11) is -2.68. The van der Waals surface area contributed by atoms with Crippen LogP contribution in [0.3, 0.4) is 0 Å². The second kappa shape index (κ2) is 6.43. The first-order valence-electron chi connectivity index (χ1n) is 5.69. The highest BCUT2D eigenvalue weighted by Crippen LogP contribution is 2.32. The van der Waals surface area contributed by atoms with Gasteiger partial charge >= 0.3 is 0 Å². The molecule has 0 saturated carbocycles. The maximum atomic E-state index is 12.1. The van der Waals surface area contributed by atoms with Crippen molar-refractivity contribution in [3.63, 3.8) is 0 Å². The van der Waals surface area contributed by atoms with Crippen LogP contribution in [0.1, 0.15) is 10.4 Å². The summed E-state index contributed by atoms with van der Waals surface area (Å²) in [6.07, 6.45) is 0. The molecule has 6 nitrogen and oxygen atoms in total. The van der Waals surface area contributed by atoms with Crippen molar-refractivity contribution in [2.75, 3.05) is 12.4 Å². The average molecular weight is 381 g/mol. The highest BCUT2D eigenvalue weighted by molar-refractivity contribution is 7.89. The van der Waals surface area contributed by atoms with Crippen LogP contribution < -0.4 is 15.2 Å². The third kappa shape index (κ3) is 3.71.